The molecule has 0 aliphatic rings. The Balaban J connectivity index is 2.54. The van der Waals surface area contributed by atoms with Crippen molar-refractivity contribution in [2.45, 2.75) is 12.1 Å². The Labute approximate surface area is 104 Å². The molecule has 2 aromatic rings. The zero-order valence-electron chi connectivity index (χ0n) is 8.75. The van der Waals surface area contributed by atoms with Crippen molar-refractivity contribution in [2.75, 3.05) is 0 Å². The highest BCUT2D eigenvalue weighted by molar-refractivity contribution is 6.16. The van der Waals surface area contributed by atoms with Crippen LogP contribution in [-0.4, -0.2) is 15.0 Å². The molecule has 8 heteroatoms. The second kappa shape index (κ2) is 4.56. The molecule has 0 N–H and O–H groups in total. The van der Waals surface area contributed by atoms with Crippen LogP contribution < -0.4 is 0 Å². The van der Waals surface area contributed by atoms with Crippen LogP contribution >= 0.6 is 11.6 Å². The van der Waals surface area contributed by atoms with E-state index in [0.29, 0.717) is 11.8 Å². The molecule has 0 amide bonds. The third-order valence-electron chi connectivity index (χ3n) is 2.26. The minimum absolute atomic E-state index is 0.0335. The number of halogens is 5. The monoisotopic (exact) mass is 279 g/mol. The number of hydrogen-bond acceptors (Lipinski definition) is 2. The Bertz CT molecular complexity index is 564. The van der Waals surface area contributed by atoms with E-state index in [-0.39, 0.29) is 11.6 Å². The Hall–Kier alpha value is -1.63. The van der Waals surface area contributed by atoms with Crippen molar-refractivity contribution in [3.05, 3.63) is 41.5 Å². The second-order valence-corrected chi connectivity index (χ2v) is 3.70. The molecular formula is C10H6ClF4N3. The molecule has 96 valence electrons. The summed E-state index contributed by atoms with van der Waals surface area (Å²) in [6.07, 6.45) is -3.44. The molecule has 1 aromatic heterocycles. The third-order valence-corrected chi connectivity index (χ3v) is 2.53. The van der Waals surface area contributed by atoms with Gasteiger partial charge in [0, 0.05) is 0 Å². The van der Waals surface area contributed by atoms with Crippen LogP contribution in [0.2, 0.25) is 0 Å². The van der Waals surface area contributed by atoms with E-state index in [1.165, 1.54) is 12.3 Å². The lowest BCUT2D eigenvalue weighted by Crippen LogP contribution is -2.10. The molecule has 0 atom stereocenters. The summed E-state index contributed by atoms with van der Waals surface area (Å²) in [5.74, 6) is -1.30. The predicted octanol–water partition coefficient (Wildman–Crippen LogP) is 3.16. The van der Waals surface area contributed by atoms with Gasteiger partial charge in [0.05, 0.1) is 29.0 Å². The molecule has 0 fully saturated rings. The molecule has 0 aliphatic carbocycles. The number of nitrogens with zero attached hydrogens (tertiary/aromatic N) is 3. The Morgan fingerprint density at radius 2 is 2.00 bits per heavy atom. The first-order valence-corrected chi connectivity index (χ1v) is 5.29. The van der Waals surface area contributed by atoms with Crippen LogP contribution in [0.15, 0.2) is 24.4 Å². The van der Waals surface area contributed by atoms with Crippen LogP contribution in [0.4, 0.5) is 17.6 Å². The minimum atomic E-state index is -4.76. The number of rotatable bonds is 2. The van der Waals surface area contributed by atoms with Gasteiger partial charge in [-0.2, -0.15) is 13.2 Å². The van der Waals surface area contributed by atoms with E-state index in [1.54, 1.807) is 0 Å². The summed E-state index contributed by atoms with van der Waals surface area (Å²) in [7, 11) is 0. The van der Waals surface area contributed by atoms with Crippen molar-refractivity contribution in [2.24, 2.45) is 0 Å². The average Bonchev–Trinajstić information content (AvgIpc) is 2.76. The van der Waals surface area contributed by atoms with Crippen LogP contribution in [0.3, 0.4) is 0 Å². The SMILES string of the molecule is Fc1ccc(-n2nncc2CCl)cc1C(F)(F)F. The molecule has 1 aromatic carbocycles. The zero-order chi connectivity index (χ0) is 13.3. The topological polar surface area (TPSA) is 30.7 Å². The van der Waals surface area contributed by atoms with Gasteiger partial charge in [-0.05, 0) is 18.2 Å². The van der Waals surface area contributed by atoms with Gasteiger partial charge in [0.25, 0.3) is 0 Å². The molecule has 0 bridgehead atoms. The van der Waals surface area contributed by atoms with Gasteiger partial charge in [-0.3, -0.25) is 0 Å². The van der Waals surface area contributed by atoms with Gasteiger partial charge >= 0.3 is 6.18 Å². The van der Waals surface area contributed by atoms with E-state index in [2.05, 4.69) is 10.3 Å². The quantitative estimate of drug-likeness (QED) is 0.624. The Kier molecular flexibility index (Phi) is 3.25. The lowest BCUT2D eigenvalue weighted by atomic mass is 10.2. The summed E-state index contributed by atoms with van der Waals surface area (Å²) >= 11 is 5.59. The predicted molar refractivity (Wildman–Crippen MR) is 55.9 cm³/mol. The van der Waals surface area contributed by atoms with Crippen LogP contribution in [0.5, 0.6) is 0 Å². The second-order valence-electron chi connectivity index (χ2n) is 3.43. The maximum atomic E-state index is 13.1. The van der Waals surface area contributed by atoms with E-state index in [0.717, 1.165) is 10.7 Å². The molecule has 0 saturated carbocycles. The lowest BCUT2D eigenvalue weighted by Gasteiger charge is -2.10. The highest BCUT2D eigenvalue weighted by Crippen LogP contribution is 2.32. The van der Waals surface area contributed by atoms with Crippen LogP contribution in [-0.2, 0) is 12.1 Å². The molecule has 1 heterocycles. The minimum Gasteiger partial charge on any atom is -0.216 e. The zero-order valence-corrected chi connectivity index (χ0v) is 9.50. The maximum Gasteiger partial charge on any atom is 0.419 e. The highest BCUT2D eigenvalue weighted by atomic mass is 35.5. The van der Waals surface area contributed by atoms with Crippen molar-refractivity contribution >= 4 is 11.6 Å². The normalized spacial score (nSPS) is 11.8. The summed E-state index contributed by atoms with van der Waals surface area (Å²) in [4.78, 5) is 0. The number of alkyl halides is 4. The van der Waals surface area contributed by atoms with E-state index in [1.807, 2.05) is 0 Å². The Morgan fingerprint density at radius 3 is 2.61 bits per heavy atom. The van der Waals surface area contributed by atoms with E-state index in [4.69, 9.17) is 11.6 Å². The highest BCUT2D eigenvalue weighted by Gasteiger charge is 2.34. The van der Waals surface area contributed by atoms with Gasteiger partial charge in [-0.15, -0.1) is 16.7 Å². The molecular weight excluding hydrogens is 274 g/mol. The average molecular weight is 280 g/mol. The Morgan fingerprint density at radius 1 is 1.28 bits per heavy atom. The molecule has 0 spiro atoms. The van der Waals surface area contributed by atoms with Gasteiger partial charge in [0.2, 0.25) is 0 Å². The van der Waals surface area contributed by atoms with Crippen molar-refractivity contribution in [1.82, 2.24) is 15.0 Å². The van der Waals surface area contributed by atoms with Gasteiger partial charge < -0.3 is 0 Å². The van der Waals surface area contributed by atoms with Crippen molar-refractivity contribution in [3.8, 4) is 5.69 Å². The van der Waals surface area contributed by atoms with Gasteiger partial charge in [0.15, 0.2) is 0 Å². The number of hydrogen-bond donors (Lipinski definition) is 0. The number of benzene rings is 1. The summed E-state index contributed by atoms with van der Waals surface area (Å²) in [5.41, 5.74) is -0.885. The van der Waals surface area contributed by atoms with Crippen LogP contribution in [0, 0.1) is 5.82 Å². The maximum absolute atomic E-state index is 13.1. The van der Waals surface area contributed by atoms with Crippen LogP contribution in [0.25, 0.3) is 5.69 Å². The first-order chi connectivity index (χ1) is 8.43. The lowest BCUT2D eigenvalue weighted by molar-refractivity contribution is -0.140. The molecule has 0 radical (unpaired) electrons. The van der Waals surface area contributed by atoms with E-state index in [9.17, 15) is 17.6 Å². The smallest absolute Gasteiger partial charge is 0.216 e. The molecule has 18 heavy (non-hydrogen) atoms. The van der Waals surface area contributed by atoms with Crippen molar-refractivity contribution in [1.29, 1.82) is 0 Å². The summed E-state index contributed by atoms with van der Waals surface area (Å²) in [5, 5.41) is 7.14. The molecule has 2 rings (SSSR count). The van der Waals surface area contributed by atoms with Gasteiger partial charge in [-0.1, -0.05) is 5.21 Å². The van der Waals surface area contributed by atoms with Gasteiger partial charge in [0.1, 0.15) is 5.82 Å². The van der Waals surface area contributed by atoms with E-state index < -0.39 is 17.6 Å². The molecule has 0 saturated heterocycles. The summed E-state index contributed by atoms with van der Waals surface area (Å²) in [6, 6.07) is 2.58. The molecule has 0 unspecified atom stereocenters. The summed E-state index contributed by atoms with van der Waals surface area (Å²) < 4.78 is 51.8. The fraction of sp³-hybridized carbons (Fsp3) is 0.200. The van der Waals surface area contributed by atoms with Gasteiger partial charge in [-0.25, -0.2) is 9.07 Å². The fourth-order valence-corrected chi connectivity index (χ4v) is 1.61. The first-order valence-electron chi connectivity index (χ1n) is 4.76. The molecule has 0 aliphatic heterocycles. The third kappa shape index (κ3) is 2.31. The van der Waals surface area contributed by atoms with Crippen molar-refractivity contribution in [3.63, 3.8) is 0 Å². The summed E-state index contributed by atoms with van der Waals surface area (Å²) in [6.45, 7) is 0. The van der Waals surface area contributed by atoms with E-state index >= 15 is 0 Å². The molecule has 3 nitrogen and oxygen atoms in total. The first kappa shape index (κ1) is 12.8. The van der Waals surface area contributed by atoms with Crippen LogP contribution in [0.1, 0.15) is 11.3 Å². The largest absolute Gasteiger partial charge is 0.419 e. The van der Waals surface area contributed by atoms with Crippen molar-refractivity contribution < 1.29 is 17.6 Å². The number of aromatic nitrogens is 3. The standard InChI is InChI=1S/C10H6ClF4N3/c11-4-7-5-16-17-18(7)6-1-2-9(12)8(3-6)10(13,14)15/h1-3,5H,4H2. The fourth-order valence-electron chi connectivity index (χ4n) is 1.43.